The van der Waals surface area contributed by atoms with Crippen molar-refractivity contribution in [2.75, 3.05) is 14.7 Å². The minimum atomic E-state index is 1.11. The molecule has 0 saturated carbocycles. The highest BCUT2D eigenvalue weighted by atomic mass is 15.2. The Kier molecular flexibility index (Phi) is 18.6. The van der Waals surface area contributed by atoms with Crippen molar-refractivity contribution in [2.45, 2.75) is 0 Å². The first kappa shape index (κ1) is 79.9. The van der Waals surface area contributed by atoms with Crippen molar-refractivity contribution in [3.8, 4) is 95.0 Å². The molecule has 0 saturated heterocycles. The van der Waals surface area contributed by atoms with E-state index in [4.69, 9.17) is 0 Å². The molecule has 6 nitrogen and oxygen atoms in total. The lowest BCUT2D eigenvalue weighted by molar-refractivity contribution is 1.17. The van der Waals surface area contributed by atoms with Crippen LogP contribution in [0.25, 0.3) is 214 Å². The van der Waals surface area contributed by atoms with Crippen LogP contribution in [0.15, 0.2) is 522 Å². The summed E-state index contributed by atoms with van der Waals surface area (Å²) in [7, 11) is 0. The number of rotatable bonds is 13. The molecule has 27 aromatic rings. The zero-order valence-electron chi connectivity index (χ0n) is 76.3. The summed E-state index contributed by atoms with van der Waals surface area (Å²) in [6.07, 6.45) is 0. The van der Waals surface area contributed by atoms with Crippen molar-refractivity contribution in [3.63, 3.8) is 0 Å². The molecular weight excluding hydrogens is 1690 g/mol. The third-order valence-corrected chi connectivity index (χ3v) is 29.2. The average Bonchev–Trinajstić information content (AvgIpc) is 1.55. The van der Waals surface area contributed by atoms with Gasteiger partial charge in [-0.05, 0) is 308 Å². The molecule has 0 amide bonds. The SMILES string of the molecule is c1ccc(-c2cccc(N(c3ccccc3)c3ccc(-n4c5cccc6c5c5c7c(cccc7ccc54)-c4ccccc4-6)cc3)c2)cc1.c1ccc(N(c2ccc(-n3c4cccc5c4c4c6c(cccc6ccc43)-c3ccccc3-5)cc2)c2ccc3ccccc3c2)cc1.c1ccc(N(c2cccc(-n3c4cccc5c4c4c6c(cccc6ccc43)-c3ccccc3-5)c2)c2ccc3ccccc3c2)cc1. The first-order chi connectivity index (χ1) is 69.5. The quantitative estimate of drug-likeness (QED) is 0.115. The number of benzene rings is 24. The molecule has 30 rings (SSSR count). The van der Waals surface area contributed by atoms with Crippen LogP contribution < -0.4 is 14.7 Å². The second-order valence-electron chi connectivity index (χ2n) is 36.9. The van der Waals surface area contributed by atoms with Crippen LogP contribution in [0.5, 0.6) is 0 Å². The molecule has 3 aromatic heterocycles. The molecule has 3 heterocycles. The van der Waals surface area contributed by atoms with E-state index in [0.717, 1.165) is 68.2 Å². The van der Waals surface area contributed by atoms with Gasteiger partial charge in [-0.15, -0.1) is 0 Å². The van der Waals surface area contributed by atoms with Gasteiger partial charge in [0.25, 0.3) is 0 Å². The van der Waals surface area contributed by atoms with E-state index in [9.17, 15) is 0 Å². The monoisotopic (exact) mass is 1780 g/mol. The molecule has 3 aliphatic carbocycles. The summed E-state index contributed by atoms with van der Waals surface area (Å²) in [5.74, 6) is 0. The molecule has 0 fully saturated rings. The summed E-state index contributed by atoms with van der Waals surface area (Å²) in [6.45, 7) is 0. The molecular formula is C134H86N6. The largest absolute Gasteiger partial charge is 0.310 e. The Morgan fingerprint density at radius 2 is 0.350 bits per heavy atom. The van der Waals surface area contributed by atoms with Gasteiger partial charge in [0, 0.05) is 101 Å². The normalized spacial score (nSPS) is 11.9. The Balaban J connectivity index is 0.000000103. The van der Waals surface area contributed by atoms with Gasteiger partial charge < -0.3 is 28.4 Å². The average molecular weight is 1780 g/mol. The van der Waals surface area contributed by atoms with E-state index in [1.165, 1.54) is 197 Å². The second kappa shape index (κ2) is 32.6. The van der Waals surface area contributed by atoms with Gasteiger partial charge in [-0.3, -0.25) is 0 Å². The van der Waals surface area contributed by atoms with Crippen molar-refractivity contribution in [1.82, 2.24) is 13.7 Å². The highest BCUT2D eigenvalue weighted by molar-refractivity contribution is 6.34. The van der Waals surface area contributed by atoms with Gasteiger partial charge in [0.1, 0.15) is 0 Å². The summed E-state index contributed by atoms with van der Waals surface area (Å²) in [6, 6.07) is 190. The Labute approximate surface area is 809 Å². The summed E-state index contributed by atoms with van der Waals surface area (Å²) in [4.78, 5) is 7.05. The van der Waals surface area contributed by atoms with E-state index >= 15 is 0 Å². The number of nitrogens with zero attached hydrogens (tertiary/aromatic N) is 6. The predicted octanol–water partition coefficient (Wildman–Crippen LogP) is 37.1. The van der Waals surface area contributed by atoms with Crippen LogP contribution >= 0.6 is 0 Å². The maximum absolute atomic E-state index is 2.46. The van der Waals surface area contributed by atoms with E-state index in [1.807, 2.05) is 0 Å². The summed E-state index contributed by atoms with van der Waals surface area (Å²) >= 11 is 0. The van der Waals surface area contributed by atoms with Crippen LogP contribution in [0.4, 0.5) is 51.2 Å². The van der Waals surface area contributed by atoms with Crippen molar-refractivity contribution in [3.05, 3.63) is 522 Å². The highest BCUT2D eigenvalue weighted by Gasteiger charge is 2.31. The minimum Gasteiger partial charge on any atom is -0.310 e. The summed E-state index contributed by atoms with van der Waals surface area (Å²) in [5, 5.41) is 20.7. The van der Waals surface area contributed by atoms with E-state index in [-0.39, 0.29) is 0 Å². The number of aromatic nitrogens is 3. The molecule has 0 spiro atoms. The Morgan fingerprint density at radius 3 is 0.729 bits per heavy atom. The molecule has 6 heteroatoms. The lowest BCUT2D eigenvalue weighted by Gasteiger charge is -2.26. The van der Waals surface area contributed by atoms with Crippen molar-refractivity contribution in [2.24, 2.45) is 0 Å². The smallest absolute Gasteiger partial charge is 0.0548 e. The summed E-state index contributed by atoms with van der Waals surface area (Å²) in [5.41, 5.74) is 38.9. The van der Waals surface area contributed by atoms with Crippen molar-refractivity contribution >= 4 is 170 Å². The van der Waals surface area contributed by atoms with E-state index in [0.29, 0.717) is 0 Å². The molecule has 0 unspecified atom stereocenters. The van der Waals surface area contributed by atoms with Gasteiger partial charge in [0.15, 0.2) is 0 Å². The van der Waals surface area contributed by atoms with Gasteiger partial charge in [-0.1, -0.05) is 346 Å². The molecule has 0 bridgehead atoms. The molecule has 652 valence electrons. The highest BCUT2D eigenvalue weighted by Crippen LogP contribution is 2.56. The van der Waals surface area contributed by atoms with Crippen LogP contribution in [-0.2, 0) is 0 Å². The fraction of sp³-hybridized carbons (Fsp3) is 0. The van der Waals surface area contributed by atoms with Crippen LogP contribution in [0.2, 0.25) is 0 Å². The van der Waals surface area contributed by atoms with Crippen LogP contribution in [0.1, 0.15) is 0 Å². The lowest BCUT2D eigenvalue weighted by Crippen LogP contribution is -2.10. The van der Waals surface area contributed by atoms with Gasteiger partial charge in [-0.2, -0.15) is 0 Å². The van der Waals surface area contributed by atoms with Gasteiger partial charge >= 0.3 is 0 Å². The molecule has 140 heavy (non-hydrogen) atoms. The minimum absolute atomic E-state index is 1.11. The first-order valence-corrected chi connectivity index (χ1v) is 48.3. The molecule has 0 aliphatic heterocycles. The Morgan fingerprint density at radius 1 is 0.114 bits per heavy atom. The fourth-order valence-electron chi connectivity index (χ4n) is 23.3. The lowest BCUT2D eigenvalue weighted by atomic mass is 9.93. The zero-order valence-corrected chi connectivity index (χ0v) is 76.3. The number of fused-ring (bicyclic) bond motifs is 11. The molecule has 0 N–H and O–H groups in total. The van der Waals surface area contributed by atoms with Crippen LogP contribution in [0, 0.1) is 0 Å². The van der Waals surface area contributed by atoms with Crippen LogP contribution in [0.3, 0.4) is 0 Å². The number of hydrogen-bond donors (Lipinski definition) is 0. The first-order valence-electron chi connectivity index (χ1n) is 48.3. The van der Waals surface area contributed by atoms with Gasteiger partial charge in [0.2, 0.25) is 0 Å². The van der Waals surface area contributed by atoms with Crippen molar-refractivity contribution < 1.29 is 0 Å². The molecule has 3 aliphatic rings. The molecule has 0 radical (unpaired) electrons. The van der Waals surface area contributed by atoms with Gasteiger partial charge in [0.05, 0.1) is 33.1 Å². The van der Waals surface area contributed by atoms with Gasteiger partial charge in [-0.25, -0.2) is 0 Å². The third kappa shape index (κ3) is 12.8. The van der Waals surface area contributed by atoms with Crippen molar-refractivity contribution in [1.29, 1.82) is 0 Å². The van der Waals surface area contributed by atoms with E-state index in [1.54, 1.807) is 0 Å². The number of hydrogen-bond acceptors (Lipinski definition) is 3. The maximum atomic E-state index is 2.46. The zero-order chi connectivity index (χ0) is 92.0. The van der Waals surface area contributed by atoms with Crippen LogP contribution in [-0.4, -0.2) is 13.7 Å². The third-order valence-electron chi connectivity index (χ3n) is 29.2. The standard InChI is InChI=1S/C46H30N2.2C44H28N2/c1-3-12-31(13-4-1)33-15-9-18-37(30-33)47(34-16-5-2-6-17-34)35-25-27-36(28-26-35)48-42-23-11-22-41-39-20-8-7-19-38(39)40-21-10-14-32-24-29-43(48)46(44(32)40)45(41)42;1-2-14-32(15-3-1)45(35-25-23-29-11-4-5-12-31(29)27-35)33-16-9-17-34(28-33)46-40-22-10-21-39-37-19-7-6-18-36(37)38-20-8-13-30-24-26-41(46)44(42(30)38)43(39)40;1-2-13-32(14-3-1)45(35-22-20-29-10-4-5-11-31(29)28-35)33-23-25-34(26-24-33)46-40-19-9-18-39-37-16-7-6-15-36(37)38-17-8-12-30-21-27-41(46)44(42(30)38)43(39)40/h1-30H;2*1-28H. The topological polar surface area (TPSA) is 24.5 Å². The maximum Gasteiger partial charge on any atom is 0.0548 e. The molecule has 24 aromatic carbocycles. The number of para-hydroxylation sites is 3. The summed E-state index contributed by atoms with van der Waals surface area (Å²) < 4.78 is 7.36. The number of anilines is 9. The fourth-order valence-corrected chi connectivity index (χ4v) is 23.3. The predicted molar refractivity (Wildman–Crippen MR) is 593 cm³/mol. The Bertz CT molecular complexity index is 9690. The van der Waals surface area contributed by atoms with E-state index < -0.39 is 0 Å². The molecule has 0 atom stereocenters. The van der Waals surface area contributed by atoms with E-state index in [2.05, 4.69) is 550 Å². The Hall–Kier alpha value is -18.6. The second-order valence-corrected chi connectivity index (χ2v) is 36.9.